The first kappa shape index (κ1) is 17.3. The molecule has 2 aromatic carbocycles. The lowest BCUT2D eigenvalue weighted by molar-refractivity contribution is -0.384. The molecule has 0 aliphatic carbocycles. The maximum atomic E-state index is 12.9. The largest absolute Gasteiger partial charge is 0.317 e. The smallest absolute Gasteiger partial charge is 0.279 e. The lowest BCUT2D eigenvalue weighted by Gasteiger charge is -2.05. The van der Waals surface area contributed by atoms with Crippen LogP contribution in [0.2, 0.25) is 0 Å². The maximum Gasteiger partial charge on any atom is 0.279 e. The highest BCUT2D eigenvalue weighted by Crippen LogP contribution is 2.17. The van der Waals surface area contributed by atoms with Gasteiger partial charge in [-0.25, -0.2) is 4.68 Å². The van der Waals surface area contributed by atoms with E-state index < -0.39 is 4.92 Å². The van der Waals surface area contributed by atoms with Crippen molar-refractivity contribution in [3.63, 3.8) is 0 Å². The quantitative estimate of drug-likeness (QED) is 0.440. The second-order valence-electron chi connectivity index (χ2n) is 6.20. The zero-order valence-electron chi connectivity index (χ0n) is 14.8. The number of nitrogens with one attached hydrogen (secondary N) is 1. The number of non-ortho nitro benzene ring substituents is 1. The van der Waals surface area contributed by atoms with Crippen LogP contribution in [0.5, 0.6) is 0 Å². The standard InChI is InChI=1S/C21H16N4O3/c1-15-20(21(26)24(22-15)17-6-3-2-4-7-17)14-19-8-5-13-23(19)16-9-11-18(12-10-16)25(27)28/h2-14,22H,1H2/b20-14-. The molecule has 0 amide bonds. The summed E-state index contributed by atoms with van der Waals surface area (Å²) in [5, 5.41) is 14.8. The molecular formula is C21H16N4O3. The van der Waals surface area contributed by atoms with Crippen LogP contribution < -0.4 is 16.1 Å². The maximum absolute atomic E-state index is 12.9. The Morgan fingerprint density at radius 1 is 0.964 bits per heavy atom. The van der Waals surface area contributed by atoms with Gasteiger partial charge >= 0.3 is 0 Å². The van der Waals surface area contributed by atoms with Crippen LogP contribution in [0.4, 0.5) is 5.69 Å². The second kappa shape index (κ2) is 6.88. The molecule has 0 unspecified atom stereocenters. The lowest BCUT2D eigenvalue weighted by atomic mass is 10.2. The topological polar surface area (TPSA) is 85.9 Å². The van der Waals surface area contributed by atoms with E-state index in [1.165, 1.54) is 16.8 Å². The highest BCUT2D eigenvalue weighted by Gasteiger charge is 2.08. The van der Waals surface area contributed by atoms with Crippen molar-refractivity contribution in [3.8, 4) is 11.4 Å². The van der Waals surface area contributed by atoms with Crippen molar-refractivity contribution in [1.29, 1.82) is 0 Å². The summed E-state index contributed by atoms with van der Waals surface area (Å²) in [6, 6.07) is 19.2. The minimum atomic E-state index is -0.437. The molecule has 4 rings (SSSR count). The Bertz CT molecular complexity index is 1310. The Morgan fingerprint density at radius 3 is 2.36 bits per heavy atom. The molecule has 0 saturated heterocycles. The zero-order valence-corrected chi connectivity index (χ0v) is 14.8. The van der Waals surface area contributed by atoms with Crippen molar-refractivity contribution in [2.75, 3.05) is 0 Å². The molecule has 0 aliphatic heterocycles. The van der Waals surface area contributed by atoms with Crippen molar-refractivity contribution in [2.45, 2.75) is 0 Å². The van der Waals surface area contributed by atoms with Crippen LogP contribution in [0, 0.1) is 10.1 Å². The summed E-state index contributed by atoms with van der Waals surface area (Å²) in [5.41, 5.74) is 2.06. The third-order valence-corrected chi connectivity index (χ3v) is 4.43. The van der Waals surface area contributed by atoms with Gasteiger partial charge in [-0.1, -0.05) is 24.8 Å². The van der Waals surface area contributed by atoms with Crippen molar-refractivity contribution in [3.05, 3.63) is 110 Å². The Hall–Kier alpha value is -4.13. The number of aromatic nitrogens is 3. The number of nitro groups is 1. The number of nitro benzene ring substituents is 1. The molecule has 7 heteroatoms. The SMILES string of the molecule is C=c1[nH]n(-c2ccccc2)c(=O)/c1=C\c1cccn1-c1ccc([N+](=O)[O-])cc1. The van der Waals surface area contributed by atoms with Crippen LogP contribution in [-0.4, -0.2) is 19.3 Å². The first-order chi connectivity index (χ1) is 13.5. The van der Waals surface area contributed by atoms with Crippen LogP contribution >= 0.6 is 0 Å². The Kier molecular flexibility index (Phi) is 4.25. The van der Waals surface area contributed by atoms with E-state index in [1.807, 2.05) is 53.2 Å². The molecule has 138 valence electrons. The molecule has 28 heavy (non-hydrogen) atoms. The van der Waals surface area contributed by atoms with E-state index in [2.05, 4.69) is 11.7 Å². The van der Waals surface area contributed by atoms with Crippen molar-refractivity contribution in [2.24, 2.45) is 0 Å². The van der Waals surface area contributed by atoms with Gasteiger partial charge < -0.3 is 4.57 Å². The van der Waals surface area contributed by atoms with Crippen molar-refractivity contribution in [1.82, 2.24) is 14.3 Å². The van der Waals surface area contributed by atoms with Gasteiger partial charge in [-0.15, -0.1) is 0 Å². The first-order valence-corrected chi connectivity index (χ1v) is 8.54. The van der Waals surface area contributed by atoms with Crippen LogP contribution in [0.15, 0.2) is 77.7 Å². The number of hydrogen-bond donors (Lipinski definition) is 1. The summed E-state index contributed by atoms with van der Waals surface area (Å²) in [6.07, 6.45) is 3.58. The number of benzene rings is 2. The molecule has 2 heterocycles. The number of para-hydroxylation sites is 1. The van der Waals surface area contributed by atoms with Gasteiger partial charge in [0.15, 0.2) is 0 Å². The van der Waals surface area contributed by atoms with Crippen molar-refractivity contribution >= 4 is 18.3 Å². The van der Waals surface area contributed by atoms with E-state index in [1.54, 1.807) is 18.2 Å². The Morgan fingerprint density at radius 2 is 1.68 bits per heavy atom. The molecule has 0 aliphatic rings. The van der Waals surface area contributed by atoms with Gasteiger partial charge in [0.1, 0.15) is 0 Å². The molecule has 7 nitrogen and oxygen atoms in total. The van der Waals surface area contributed by atoms with E-state index in [9.17, 15) is 14.9 Å². The summed E-state index contributed by atoms with van der Waals surface area (Å²) in [4.78, 5) is 23.3. The highest BCUT2D eigenvalue weighted by molar-refractivity contribution is 5.52. The molecular weight excluding hydrogens is 356 g/mol. The summed E-state index contributed by atoms with van der Waals surface area (Å²) in [6.45, 7) is 3.95. The molecule has 0 fully saturated rings. The lowest BCUT2D eigenvalue weighted by Crippen LogP contribution is -2.34. The van der Waals surface area contributed by atoms with Gasteiger partial charge in [0.05, 0.1) is 21.2 Å². The molecule has 0 radical (unpaired) electrons. The second-order valence-corrected chi connectivity index (χ2v) is 6.20. The van der Waals surface area contributed by atoms with Gasteiger partial charge in [-0.05, 0) is 42.5 Å². The number of nitrogens with zero attached hydrogens (tertiary/aromatic N) is 3. The number of H-pyrrole nitrogens is 1. The summed E-state index contributed by atoms with van der Waals surface area (Å²) < 4.78 is 3.30. The van der Waals surface area contributed by atoms with Gasteiger partial charge in [0, 0.05) is 29.7 Å². The number of aromatic amines is 1. The Balaban J connectivity index is 1.81. The minimum Gasteiger partial charge on any atom is -0.317 e. The van der Waals surface area contributed by atoms with E-state index in [-0.39, 0.29) is 11.2 Å². The minimum absolute atomic E-state index is 0.0258. The van der Waals surface area contributed by atoms with Gasteiger partial charge in [0.25, 0.3) is 11.2 Å². The first-order valence-electron chi connectivity index (χ1n) is 8.54. The van der Waals surface area contributed by atoms with Crippen LogP contribution in [0.3, 0.4) is 0 Å². The average Bonchev–Trinajstić information content (AvgIpc) is 3.29. The monoisotopic (exact) mass is 372 g/mol. The predicted molar refractivity (Wildman–Crippen MR) is 107 cm³/mol. The highest BCUT2D eigenvalue weighted by atomic mass is 16.6. The van der Waals surface area contributed by atoms with E-state index >= 15 is 0 Å². The molecule has 0 atom stereocenters. The molecule has 0 bridgehead atoms. The van der Waals surface area contributed by atoms with Gasteiger partial charge in [0.2, 0.25) is 0 Å². The fraction of sp³-hybridized carbons (Fsp3) is 0. The Labute approximate surface area is 159 Å². The van der Waals surface area contributed by atoms with Crippen LogP contribution in [0.25, 0.3) is 24.0 Å². The summed E-state index contributed by atoms with van der Waals surface area (Å²) in [7, 11) is 0. The zero-order chi connectivity index (χ0) is 19.7. The van der Waals surface area contributed by atoms with Crippen LogP contribution in [0.1, 0.15) is 5.69 Å². The average molecular weight is 372 g/mol. The summed E-state index contributed by atoms with van der Waals surface area (Å²) >= 11 is 0. The fourth-order valence-electron chi connectivity index (χ4n) is 3.03. The third kappa shape index (κ3) is 3.05. The van der Waals surface area contributed by atoms with E-state index in [4.69, 9.17) is 0 Å². The summed E-state index contributed by atoms with van der Waals surface area (Å²) in [5.74, 6) is 0. The molecule has 2 aromatic heterocycles. The molecule has 0 spiro atoms. The molecule has 1 N–H and O–H groups in total. The normalized spacial score (nSPS) is 11.6. The van der Waals surface area contributed by atoms with Gasteiger partial charge in [-0.2, -0.15) is 0 Å². The third-order valence-electron chi connectivity index (χ3n) is 4.43. The number of rotatable bonds is 4. The van der Waals surface area contributed by atoms with Crippen molar-refractivity contribution < 1.29 is 4.92 Å². The molecule has 4 aromatic rings. The number of hydrogen-bond acceptors (Lipinski definition) is 3. The predicted octanol–water partition coefficient (Wildman–Crippen LogP) is 2.10. The van der Waals surface area contributed by atoms with Crippen LogP contribution in [-0.2, 0) is 0 Å². The fourth-order valence-corrected chi connectivity index (χ4v) is 3.03. The van der Waals surface area contributed by atoms with Gasteiger partial charge in [-0.3, -0.25) is 20.0 Å². The van der Waals surface area contributed by atoms with E-state index in [0.717, 1.165) is 17.1 Å². The molecule has 0 saturated carbocycles. The van der Waals surface area contributed by atoms with E-state index in [0.29, 0.717) is 10.6 Å².